The Morgan fingerprint density at radius 3 is 1.60 bits per heavy atom. The molecule has 0 aromatic rings. The maximum Gasteiger partial charge on any atom is 0.0719 e. The molecule has 2 nitrogen and oxygen atoms in total. The highest BCUT2D eigenvalue weighted by atomic mass is 14.9. The van der Waals surface area contributed by atoms with Gasteiger partial charge in [0.1, 0.15) is 0 Å². The predicted molar refractivity (Wildman–Crippen MR) is 45.1 cm³/mol. The fourth-order valence-electron chi connectivity index (χ4n) is 1.20. The fraction of sp³-hybridized carbons (Fsp3) is 0.750. The highest BCUT2D eigenvalue weighted by molar-refractivity contribution is 5.55. The lowest BCUT2D eigenvalue weighted by Gasteiger charge is -2.29. The van der Waals surface area contributed by atoms with E-state index in [0.717, 1.165) is 0 Å². The fourth-order valence-corrected chi connectivity index (χ4v) is 1.20. The van der Waals surface area contributed by atoms with Gasteiger partial charge in [-0.2, -0.15) is 0 Å². The number of aliphatic imine (C=N–C) groups is 2. The topological polar surface area (TPSA) is 24.7 Å². The van der Waals surface area contributed by atoms with Crippen LogP contribution in [0.15, 0.2) is 9.98 Å². The molecule has 1 fully saturated rings. The van der Waals surface area contributed by atoms with Gasteiger partial charge >= 0.3 is 0 Å². The van der Waals surface area contributed by atoms with Crippen LogP contribution in [0.5, 0.6) is 0 Å². The van der Waals surface area contributed by atoms with Crippen LogP contribution >= 0.6 is 0 Å². The van der Waals surface area contributed by atoms with E-state index in [1.807, 2.05) is 26.3 Å². The Hall–Kier alpha value is -0.660. The van der Waals surface area contributed by atoms with Gasteiger partial charge in [0.15, 0.2) is 0 Å². The summed E-state index contributed by atoms with van der Waals surface area (Å²) < 4.78 is 0. The Balaban J connectivity index is 2.35. The van der Waals surface area contributed by atoms with Crippen LogP contribution in [-0.4, -0.2) is 24.5 Å². The van der Waals surface area contributed by atoms with Crippen molar-refractivity contribution in [3.05, 3.63) is 0 Å². The molecule has 0 radical (unpaired) electrons. The highest BCUT2D eigenvalue weighted by Crippen LogP contribution is 2.25. The number of hydrogen-bond donors (Lipinski definition) is 0. The van der Waals surface area contributed by atoms with Crippen molar-refractivity contribution >= 4 is 12.4 Å². The Labute approximate surface area is 62.1 Å². The standard InChI is InChI=1S/C8H14N2/c1-3-9-7-5-6-8(7)10-4-2/h3-4,7-8H,5-6H2,1-2H3. The predicted octanol–water partition coefficient (Wildman–Crippen LogP) is 1.70. The molecule has 1 saturated carbocycles. The largest absolute Gasteiger partial charge is 0.292 e. The Bertz CT molecular complexity index is 131. The molecule has 2 heteroatoms. The lowest BCUT2D eigenvalue weighted by molar-refractivity contribution is 0.353. The summed E-state index contributed by atoms with van der Waals surface area (Å²) in [5.41, 5.74) is 0. The summed E-state index contributed by atoms with van der Waals surface area (Å²) in [6, 6.07) is 0.974. The van der Waals surface area contributed by atoms with E-state index in [2.05, 4.69) is 9.98 Å². The first kappa shape index (κ1) is 7.45. The molecule has 2 unspecified atom stereocenters. The van der Waals surface area contributed by atoms with Gasteiger partial charge in [-0.05, 0) is 39.1 Å². The molecule has 0 saturated heterocycles. The van der Waals surface area contributed by atoms with Crippen molar-refractivity contribution in [3.8, 4) is 0 Å². The summed E-state index contributed by atoms with van der Waals surface area (Å²) in [5.74, 6) is 0. The average molecular weight is 138 g/mol. The van der Waals surface area contributed by atoms with E-state index < -0.39 is 0 Å². The van der Waals surface area contributed by atoms with Crippen molar-refractivity contribution in [3.63, 3.8) is 0 Å². The van der Waals surface area contributed by atoms with Crippen molar-refractivity contribution in [1.82, 2.24) is 0 Å². The van der Waals surface area contributed by atoms with Gasteiger partial charge in [0.2, 0.25) is 0 Å². The summed E-state index contributed by atoms with van der Waals surface area (Å²) in [6.07, 6.45) is 6.18. The van der Waals surface area contributed by atoms with Crippen LogP contribution in [0.3, 0.4) is 0 Å². The van der Waals surface area contributed by atoms with Gasteiger partial charge in [-0.25, -0.2) is 0 Å². The maximum absolute atomic E-state index is 4.29. The van der Waals surface area contributed by atoms with E-state index in [1.54, 1.807) is 0 Å². The van der Waals surface area contributed by atoms with Gasteiger partial charge in [0, 0.05) is 0 Å². The van der Waals surface area contributed by atoms with E-state index >= 15 is 0 Å². The third-order valence-electron chi connectivity index (χ3n) is 1.88. The van der Waals surface area contributed by atoms with Crippen LogP contribution in [0.4, 0.5) is 0 Å². The first-order valence-corrected chi connectivity index (χ1v) is 3.84. The van der Waals surface area contributed by atoms with E-state index in [-0.39, 0.29) is 0 Å². The third-order valence-corrected chi connectivity index (χ3v) is 1.88. The molecular formula is C8H14N2. The molecule has 2 atom stereocenters. The minimum absolute atomic E-state index is 0.487. The molecule has 0 heterocycles. The first-order valence-electron chi connectivity index (χ1n) is 3.84. The molecule has 0 bridgehead atoms. The second-order valence-electron chi connectivity index (χ2n) is 2.53. The minimum Gasteiger partial charge on any atom is -0.292 e. The smallest absolute Gasteiger partial charge is 0.0719 e. The number of rotatable bonds is 2. The summed E-state index contributed by atoms with van der Waals surface area (Å²) >= 11 is 0. The molecule has 56 valence electrons. The lowest BCUT2D eigenvalue weighted by Crippen LogP contribution is -2.33. The van der Waals surface area contributed by atoms with Crippen molar-refractivity contribution in [2.24, 2.45) is 9.98 Å². The van der Waals surface area contributed by atoms with Crippen LogP contribution in [0.1, 0.15) is 26.7 Å². The van der Waals surface area contributed by atoms with Crippen molar-refractivity contribution < 1.29 is 0 Å². The van der Waals surface area contributed by atoms with E-state index in [9.17, 15) is 0 Å². The van der Waals surface area contributed by atoms with Gasteiger partial charge in [0.25, 0.3) is 0 Å². The zero-order valence-corrected chi connectivity index (χ0v) is 6.62. The van der Waals surface area contributed by atoms with Crippen LogP contribution in [0.25, 0.3) is 0 Å². The molecule has 1 aliphatic carbocycles. The molecule has 0 spiro atoms. The normalized spacial score (nSPS) is 33.4. The van der Waals surface area contributed by atoms with E-state index in [0.29, 0.717) is 12.1 Å². The van der Waals surface area contributed by atoms with Gasteiger partial charge in [-0.1, -0.05) is 0 Å². The molecule has 0 aromatic carbocycles. The van der Waals surface area contributed by atoms with E-state index in [4.69, 9.17) is 0 Å². The number of hydrogen-bond acceptors (Lipinski definition) is 2. The monoisotopic (exact) mass is 138 g/mol. The first-order chi connectivity index (χ1) is 4.88. The molecule has 0 N–H and O–H groups in total. The zero-order chi connectivity index (χ0) is 7.40. The molecule has 0 aromatic heterocycles. The van der Waals surface area contributed by atoms with E-state index in [1.165, 1.54) is 12.8 Å². The molecular weight excluding hydrogens is 124 g/mol. The molecule has 1 aliphatic rings. The van der Waals surface area contributed by atoms with Crippen LogP contribution in [0.2, 0.25) is 0 Å². The summed E-state index contributed by atoms with van der Waals surface area (Å²) in [5, 5.41) is 0. The minimum atomic E-state index is 0.487. The second-order valence-corrected chi connectivity index (χ2v) is 2.53. The Morgan fingerprint density at radius 2 is 1.40 bits per heavy atom. The van der Waals surface area contributed by atoms with Gasteiger partial charge in [0.05, 0.1) is 12.1 Å². The maximum atomic E-state index is 4.29. The Morgan fingerprint density at radius 1 is 1.00 bits per heavy atom. The average Bonchev–Trinajstić information content (AvgIpc) is 1.93. The van der Waals surface area contributed by atoms with Crippen molar-refractivity contribution in [1.29, 1.82) is 0 Å². The summed E-state index contributed by atoms with van der Waals surface area (Å²) in [4.78, 5) is 8.58. The second kappa shape index (κ2) is 3.49. The molecule has 1 rings (SSSR count). The van der Waals surface area contributed by atoms with Gasteiger partial charge in [-0.3, -0.25) is 9.98 Å². The number of nitrogens with zero attached hydrogens (tertiary/aromatic N) is 2. The van der Waals surface area contributed by atoms with Gasteiger partial charge < -0.3 is 0 Å². The van der Waals surface area contributed by atoms with Crippen molar-refractivity contribution in [2.45, 2.75) is 38.8 Å². The highest BCUT2D eigenvalue weighted by Gasteiger charge is 2.28. The van der Waals surface area contributed by atoms with Crippen molar-refractivity contribution in [2.75, 3.05) is 0 Å². The molecule has 0 amide bonds. The summed E-state index contributed by atoms with van der Waals surface area (Å²) in [7, 11) is 0. The molecule has 0 aliphatic heterocycles. The van der Waals surface area contributed by atoms with Gasteiger partial charge in [-0.15, -0.1) is 0 Å². The quantitative estimate of drug-likeness (QED) is 0.519. The van der Waals surface area contributed by atoms with Crippen LogP contribution in [0, 0.1) is 0 Å². The van der Waals surface area contributed by atoms with Crippen LogP contribution < -0.4 is 0 Å². The lowest BCUT2D eigenvalue weighted by atomic mass is 9.87. The summed E-state index contributed by atoms with van der Waals surface area (Å²) in [6.45, 7) is 3.93. The van der Waals surface area contributed by atoms with Crippen LogP contribution in [-0.2, 0) is 0 Å². The third kappa shape index (κ3) is 1.43. The SMILES string of the molecule is CC=NC1CCC1N=CC. The zero-order valence-electron chi connectivity index (χ0n) is 6.62. The molecule has 10 heavy (non-hydrogen) atoms. The Kier molecular flexibility index (Phi) is 2.60.